The number of hydrogen-bond donors (Lipinski definition) is 2. The van der Waals surface area contributed by atoms with Gasteiger partial charge in [-0.05, 0) is 42.5 Å². The van der Waals surface area contributed by atoms with Gasteiger partial charge in [-0.15, -0.1) is 0 Å². The van der Waals surface area contributed by atoms with Gasteiger partial charge in [0, 0.05) is 23.6 Å². The largest absolute Gasteiger partial charge is 0.439 e. The molecule has 1 heterocycles. The lowest BCUT2D eigenvalue weighted by Gasteiger charge is -2.12. The molecule has 1 aromatic heterocycles. The number of ether oxygens (including phenoxy) is 1. The smallest absolute Gasteiger partial charge is 0.417 e. The molecule has 0 aliphatic heterocycles. The summed E-state index contributed by atoms with van der Waals surface area (Å²) in [5.74, 6) is 0.842. The van der Waals surface area contributed by atoms with Crippen molar-refractivity contribution < 1.29 is 22.7 Å². The molecular formula is C18H12ClF3N4O2. The average Bonchev–Trinajstić information content (AvgIpc) is 2.65. The van der Waals surface area contributed by atoms with Gasteiger partial charge in [0.25, 0.3) is 0 Å². The monoisotopic (exact) mass is 408 g/mol. The zero-order chi connectivity index (χ0) is 20.1. The van der Waals surface area contributed by atoms with Crippen LogP contribution in [-0.4, -0.2) is 16.0 Å². The number of nitrogens with zero attached hydrogens (tertiary/aromatic N) is 2. The molecule has 6 nitrogen and oxygen atoms in total. The molecule has 0 fully saturated rings. The number of urea groups is 1. The minimum Gasteiger partial charge on any atom is -0.439 e. The van der Waals surface area contributed by atoms with Gasteiger partial charge >= 0.3 is 12.2 Å². The second-order valence-electron chi connectivity index (χ2n) is 5.45. The van der Waals surface area contributed by atoms with Gasteiger partial charge in [-0.2, -0.15) is 13.2 Å². The number of nitrogens with one attached hydrogen (secondary N) is 2. The van der Waals surface area contributed by atoms with Crippen LogP contribution in [0.5, 0.6) is 11.6 Å². The highest BCUT2D eigenvalue weighted by Gasteiger charge is 2.33. The maximum Gasteiger partial charge on any atom is 0.417 e. The highest BCUT2D eigenvalue weighted by atomic mass is 35.5. The quantitative estimate of drug-likeness (QED) is 0.590. The third-order valence-electron chi connectivity index (χ3n) is 3.42. The third-order valence-corrected chi connectivity index (χ3v) is 3.75. The molecule has 10 heteroatoms. The van der Waals surface area contributed by atoms with Gasteiger partial charge in [-0.3, -0.25) is 0 Å². The fraction of sp³-hybridized carbons (Fsp3) is 0.0556. The molecule has 144 valence electrons. The second-order valence-corrected chi connectivity index (χ2v) is 5.85. The Bertz CT molecular complexity index is 967. The van der Waals surface area contributed by atoms with Gasteiger partial charge < -0.3 is 15.4 Å². The predicted octanol–water partition coefficient (Wildman–Crippen LogP) is 5.59. The zero-order valence-corrected chi connectivity index (χ0v) is 14.8. The van der Waals surface area contributed by atoms with Gasteiger partial charge in [-0.25, -0.2) is 14.8 Å². The molecule has 0 saturated heterocycles. The molecule has 0 aliphatic rings. The van der Waals surface area contributed by atoms with Crippen LogP contribution >= 0.6 is 11.6 Å². The maximum atomic E-state index is 12.9. The summed E-state index contributed by atoms with van der Waals surface area (Å²) in [4.78, 5) is 19.7. The van der Waals surface area contributed by atoms with Gasteiger partial charge in [0.05, 0.1) is 10.6 Å². The van der Waals surface area contributed by atoms with Crippen molar-refractivity contribution in [2.24, 2.45) is 0 Å². The molecule has 2 amide bonds. The van der Waals surface area contributed by atoms with E-state index in [0.29, 0.717) is 17.3 Å². The Morgan fingerprint density at radius 3 is 2.32 bits per heavy atom. The van der Waals surface area contributed by atoms with E-state index in [1.165, 1.54) is 18.6 Å². The Hall–Kier alpha value is -3.33. The van der Waals surface area contributed by atoms with Crippen LogP contribution in [0.15, 0.2) is 61.1 Å². The fourth-order valence-corrected chi connectivity index (χ4v) is 2.40. The first-order chi connectivity index (χ1) is 13.3. The molecule has 0 unspecified atom stereocenters. The van der Waals surface area contributed by atoms with Crippen LogP contribution in [0, 0.1) is 0 Å². The highest BCUT2D eigenvalue weighted by Crippen LogP contribution is 2.36. The number of benzene rings is 2. The van der Waals surface area contributed by atoms with Crippen molar-refractivity contribution in [3.05, 3.63) is 71.6 Å². The number of alkyl halides is 3. The van der Waals surface area contributed by atoms with Crippen LogP contribution in [0.2, 0.25) is 5.02 Å². The first kappa shape index (κ1) is 19.4. The summed E-state index contributed by atoms with van der Waals surface area (Å²) in [7, 11) is 0. The number of hydrogen-bond acceptors (Lipinski definition) is 4. The average molecular weight is 409 g/mol. The fourth-order valence-electron chi connectivity index (χ4n) is 2.18. The molecule has 0 spiro atoms. The van der Waals surface area contributed by atoms with Crippen LogP contribution < -0.4 is 15.4 Å². The SMILES string of the molecule is O=C(Nc1ccc(Oc2ccncn2)cc1)Nc1ccc(Cl)c(C(F)(F)F)c1. The third kappa shape index (κ3) is 5.10. The highest BCUT2D eigenvalue weighted by molar-refractivity contribution is 6.31. The topological polar surface area (TPSA) is 76.1 Å². The number of rotatable bonds is 4. The minimum absolute atomic E-state index is 0.0436. The number of anilines is 2. The first-order valence-corrected chi connectivity index (χ1v) is 8.18. The molecule has 0 bridgehead atoms. The van der Waals surface area contributed by atoms with Crippen molar-refractivity contribution in [3.8, 4) is 11.6 Å². The Morgan fingerprint density at radius 1 is 1.00 bits per heavy atom. The van der Waals surface area contributed by atoms with Crippen molar-refractivity contribution in [2.75, 3.05) is 10.6 Å². The van der Waals surface area contributed by atoms with Gasteiger partial charge in [0.15, 0.2) is 0 Å². The lowest BCUT2D eigenvalue weighted by molar-refractivity contribution is -0.137. The van der Waals surface area contributed by atoms with Crippen LogP contribution in [0.3, 0.4) is 0 Å². The van der Waals surface area contributed by atoms with Crippen LogP contribution in [0.25, 0.3) is 0 Å². The number of carbonyl (C=O) groups is 1. The molecule has 2 N–H and O–H groups in total. The summed E-state index contributed by atoms with van der Waals surface area (Å²) in [6.45, 7) is 0. The van der Waals surface area contributed by atoms with E-state index < -0.39 is 22.8 Å². The summed E-state index contributed by atoms with van der Waals surface area (Å²) in [5, 5.41) is 4.39. The minimum atomic E-state index is -4.62. The standard InChI is InChI=1S/C18H12ClF3N4O2/c19-15-6-3-12(9-14(15)18(20,21)22)26-17(27)25-11-1-4-13(5-2-11)28-16-7-8-23-10-24-16/h1-10H,(H2,25,26,27). The van der Waals surface area contributed by atoms with Crippen molar-refractivity contribution >= 4 is 29.0 Å². The lowest BCUT2D eigenvalue weighted by atomic mass is 10.2. The van der Waals surface area contributed by atoms with Gasteiger partial charge in [-0.1, -0.05) is 11.6 Å². The summed E-state index contributed by atoms with van der Waals surface area (Å²) in [6, 6.07) is 10.3. The molecular weight excluding hydrogens is 397 g/mol. The van der Waals surface area contributed by atoms with Crippen LogP contribution in [0.4, 0.5) is 29.3 Å². The molecule has 0 aliphatic carbocycles. The number of aromatic nitrogens is 2. The summed E-state index contributed by atoms with van der Waals surface area (Å²) < 4.78 is 44.1. The molecule has 3 aromatic rings. The van der Waals surface area contributed by atoms with Gasteiger partial charge in [0.2, 0.25) is 5.88 Å². The molecule has 3 rings (SSSR count). The Labute approximate surface area is 162 Å². The van der Waals surface area contributed by atoms with E-state index >= 15 is 0 Å². The van der Waals surface area contributed by atoms with E-state index in [9.17, 15) is 18.0 Å². The van der Waals surface area contributed by atoms with Crippen LogP contribution in [0.1, 0.15) is 5.56 Å². The van der Waals surface area contributed by atoms with Crippen molar-refractivity contribution in [1.29, 1.82) is 0 Å². The van der Waals surface area contributed by atoms with E-state index in [-0.39, 0.29) is 5.69 Å². The van der Waals surface area contributed by atoms with Crippen molar-refractivity contribution in [1.82, 2.24) is 9.97 Å². The van der Waals surface area contributed by atoms with E-state index in [1.54, 1.807) is 30.3 Å². The van der Waals surface area contributed by atoms with E-state index in [2.05, 4.69) is 20.6 Å². The predicted molar refractivity (Wildman–Crippen MR) is 97.6 cm³/mol. The lowest BCUT2D eigenvalue weighted by Crippen LogP contribution is -2.19. The number of amides is 2. The first-order valence-electron chi connectivity index (χ1n) is 7.80. The Morgan fingerprint density at radius 2 is 1.68 bits per heavy atom. The van der Waals surface area contributed by atoms with Crippen molar-refractivity contribution in [3.63, 3.8) is 0 Å². The summed E-state index contributed by atoms with van der Waals surface area (Å²) in [5.41, 5.74) is -0.659. The molecule has 0 saturated carbocycles. The molecule has 2 aromatic carbocycles. The normalized spacial score (nSPS) is 11.0. The van der Waals surface area contributed by atoms with Gasteiger partial charge in [0.1, 0.15) is 12.1 Å². The number of halogens is 4. The van der Waals surface area contributed by atoms with Crippen LogP contribution in [-0.2, 0) is 6.18 Å². The van der Waals surface area contributed by atoms with E-state index in [4.69, 9.17) is 16.3 Å². The second kappa shape index (κ2) is 8.13. The molecule has 0 atom stereocenters. The zero-order valence-electron chi connectivity index (χ0n) is 14.0. The maximum absolute atomic E-state index is 12.9. The summed E-state index contributed by atoms with van der Waals surface area (Å²) >= 11 is 5.55. The van der Waals surface area contributed by atoms with E-state index in [1.807, 2.05) is 0 Å². The number of carbonyl (C=O) groups excluding carboxylic acids is 1. The molecule has 28 heavy (non-hydrogen) atoms. The van der Waals surface area contributed by atoms with E-state index in [0.717, 1.165) is 12.1 Å². The Balaban J connectivity index is 1.62. The summed E-state index contributed by atoms with van der Waals surface area (Å²) in [6.07, 6.45) is -1.75. The Kier molecular flexibility index (Phi) is 5.65. The molecule has 0 radical (unpaired) electrons. The van der Waals surface area contributed by atoms with Crippen molar-refractivity contribution in [2.45, 2.75) is 6.18 Å².